The van der Waals surface area contributed by atoms with Gasteiger partial charge in [-0.25, -0.2) is 4.57 Å². The molecule has 1 aliphatic carbocycles. The molecule has 0 bridgehead atoms. The van der Waals surface area contributed by atoms with E-state index in [0.717, 1.165) is 30.4 Å². The van der Waals surface area contributed by atoms with E-state index in [4.69, 9.17) is 19.0 Å². The van der Waals surface area contributed by atoms with Gasteiger partial charge in [0, 0.05) is 23.0 Å². The van der Waals surface area contributed by atoms with Gasteiger partial charge >= 0.3 is 7.82 Å². The number of rotatable bonds is 8. The minimum atomic E-state index is -4.73. The highest BCUT2D eigenvalue weighted by molar-refractivity contribution is 7.83. The first-order chi connectivity index (χ1) is 14.1. The monoisotopic (exact) mass is 453 g/mol. The van der Waals surface area contributed by atoms with Crippen LogP contribution < -0.4 is 4.74 Å². The summed E-state index contributed by atoms with van der Waals surface area (Å²) in [5, 5.41) is 13.9. The molecule has 30 heavy (non-hydrogen) atoms. The number of phosphoric acid groups is 1. The predicted octanol–water partition coefficient (Wildman–Crippen LogP) is 3.38. The molecule has 9 nitrogen and oxygen atoms in total. The molecule has 0 spiro atoms. The Kier molecular flexibility index (Phi) is 6.80. The summed E-state index contributed by atoms with van der Waals surface area (Å²) in [7, 11) is -5.97. The minimum Gasteiger partial charge on any atom is -0.453 e. The fourth-order valence-electron chi connectivity index (χ4n) is 3.40. The molecule has 0 saturated heterocycles. The Balaban J connectivity index is 2.07. The maximum Gasteiger partial charge on any atom is 0.469 e. The molecule has 162 valence electrons. The Labute approximate surface area is 177 Å². The van der Waals surface area contributed by atoms with Crippen molar-refractivity contribution in [3.05, 3.63) is 40.2 Å². The molecule has 1 heterocycles. The molecule has 1 fully saturated rings. The van der Waals surface area contributed by atoms with Crippen molar-refractivity contribution in [2.75, 3.05) is 6.26 Å². The number of ether oxygens (including phenoxy) is 1. The van der Waals surface area contributed by atoms with E-state index in [1.807, 2.05) is 13.8 Å². The number of benzene rings is 1. The average Bonchev–Trinajstić information content (AvgIpc) is 2.87. The van der Waals surface area contributed by atoms with Crippen molar-refractivity contribution in [2.24, 2.45) is 0 Å². The van der Waals surface area contributed by atoms with Crippen molar-refractivity contribution in [1.29, 1.82) is 5.26 Å². The maximum absolute atomic E-state index is 11.8. The van der Waals surface area contributed by atoms with E-state index in [2.05, 4.69) is 11.2 Å². The molecular weight excluding hydrogens is 429 g/mol. The van der Waals surface area contributed by atoms with Crippen LogP contribution in [0.15, 0.2) is 12.1 Å². The summed E-state index contributed by atoms with van der Waals surface area (Å²) in [5.41, 5.74) is 3.06. The number of aryl methyl sites for hydroxylation is 2. The number of nitriles is 1. The molecular formula is C19H24N3O6PS. The molecule has 0 radical (unpaired) electrons. The number of hydrogen-bond acceptors (Lipinski definition) is 6. The van der Waals surface area contributed by atoms with Gasteiger partial charge in [0.1, 0.15) is 29.6 Å². The van der Waals surface area contributed by atoms with Gasteiger partial charge in [-0.15, -0.1) is 0 Å². The van der Waals surface area contributed by atoms with Crippen LogP contribution in [0.1, 0.15) is 53.3 Å². The van der Waals surface area contributed by atoms with Crippen LogP contribution in [0.2, 0.25) is 0 Å². The van der Waals surface area contributed by atoms with Crippen LogP contribution in [0.3, 0.4) is 0 Å². The van der Waals surface area contributed by atoms with E-state index in [-0.39, 0.29) is 11.8 Å². The SMILES string of the molecule is Cc1cc(Oc2c(C3CCC3)nn(CS(C)=O)c2COP(=O)(O)O)cc(C)c1C#N. The van der Waals surface area contributed by atoms with E-state index in [9.17, 15) is 14.0 Å². The second kappa shape index (κ2) is 9.00. The van der Waals surface area contributed by atoms with Crippen molar-refractivity contribution in [3.8, 4) is 17.6 Å². The average molecular weight is 453 g/mol. The topological polar surface area (TPSA) is 135 Å². The molecule has 3 rings (SSSR count). The van der Waals surface area contributed by atoms with E-state index < -0.39 is 25.2 Å². The highest BCUT2D eigenvalue weighted by Crippen LogP contribution is 2.45. The third kappa shape index (κ3) is 5.17. The van der Waals surface area contributed by atoms with Crippen LogP contribution in [0.4, 0.5) is 0 Å². The number of nitrogens with zero attached hydrogens (tertiary/aromatic N) is 3. The summed E-state index contributed by atoms with van der Waals surface area (Å²) >= 11 is 0. The molecule has 0 aliphatic heterocycles. The van der Waals surface area contributed by atoms with Gasteiger partial charge in [0.15, 0.2) is 5.75 Å². The zero-order chi connectivity index (χ0) is 22.1. The van der Waals surface area contributed by atoms with Gasteiger partial charge in [0.05, 0.1) is 11.6 Å². The van der Waals surface area contributed by atoms with Crippen molar-refractivity contribution in [3.63, 3.8) is 0 Å². The van der Waals surface area contributed by atoms with Crippen molar-refractivity contribution >= 4 is 18.6 Å². The first-order valence-electron chi connectivity index (χ1n) is 9.38. The smallest absolute Gasteiger partial charge is 0.453 e. The van der Waals surface area contributed by atoms with Crippen molar-refractivity contribution in [1.82, 2.24) is 9.78 Å². The van der Waals surface area contributed by atoms with Gasteiger partial charge in [0.2, 0.25) is 0 Å². The van der Waals surface area contributed by atoms with Gasteiger partial charge in [0.25, 0.3) is 0 Å². The fourth-order valence-corrected chi connectivity index (χ4v) is 4.25. The molecule has 2 N–H and O–H groups in total. The summed E-state index contributed by atoms with van der Waals surface area (Å²) in [4.78, 5) is 18.3. The summed E-state index contributed by atoms with van der Waals surface area (Å²) in [6, 6.07) is 5.63. The molecule has 0 amide bonds. The van der Waals surface area contributed by atoms with Gasteiger partial charge in [-0.1, -0.05) is 6.42 Å². The zero-order valence-corrected chi connectivity index (χ0v) is 18.7. The van der Waals surface area contributed by atoms with Crippen molar-refractivity contribution in [2.45, 2.75) is 51.5 Å². The van der Waals surface area contributed by atoms with Gasteiger partial charge in [-0.3, -0.25) is 13.4 Å². The summed E-state index contributed by atoms with van der Waals surface area (Å²) in [6.45, 7) is 3.18. The summed E-state index contributed by atoms with van der Waals surface area (Å²) in [5.74, 6) is 1.05. The molecule has 1 saturated carbocycles. The first-order valence-corrected chi connectivity index (χ1v) is 12.6. The lowest BCUT2D eigenvalue weighted by Gasteiger charge is -2.24. The third-order valence-electron chi connectivity index (χ3n) is 5.04. The van der Waals surface area contributed by atoms with Gasteiger partial charge < -0.3 is 14.5 Å². The number of phosphoric ester groups is 1. The van der Waals surface area contributed by atoms with Crippen LogP contribution in [0.25, 0.3) is 0 Å². The Morgan fingerprint density at radius 2 is 1.97 bits per heavy atom. The number of hydrogen-bond donors (Lipinski definition) is 2. The largest absolute Gasteiger partial charge is 0.469 e. The third-order valence-corrected chi connectivity index (χ3v) is 6.11. The molecule has 11 heteroatoms. The Morgan fingerprint density at radius 1 is 1.33 bits per heavy atom. The van der Waals surface area contributed by atoms with E-state index in [1.165, 1.54) is 10.9 Å². The highest BCUT2D eigenvalue weighted by atomic mass is 32.2. The van der Waals surface area contributed by atoms with Crippen LogP contribution >= 0.6 is 7.82 Å². The molecule has 1 atom stereocenters. The lowest BCUT2D eigenvalue weighted by Crippen LogP contribution is -2.12. The summed E-state index contributed by atoms with van der Waals surface area (Å²) < 4.78 is 35.5. The second-order valence-corrected chi connectivity index (χ2v) is 10.0. The fraction of sp³-hybridized carbons (Fsp3) is 0.474. The number of aromatic nitrogens is 2. The van der Waals surface area contributed by atoms with E-state index in [1.54, 1.807) is 12.1 Å². The van der Waals surface area contributed by atoms with Crippen LogP contribution in [0.5, 0.6) is 11.5 Å². The first kappa shape index (κ1) is 22.7. The van der Waals surface area contributed by atoms with Crippen LogP contribution in [-0.4, -0.2) is 30.0 Å². The van der Waals surface area contributed by atoms with Crippen LogP contribution in [-0.2, 0) is 32.4 Å². The standard InChI is InChI=1S/C19H24N3O6PS/c1-12-7-15(8-13(2)16(12)9-20)28-19-17(10-27-29(23,24)25)22(11-30(3)26)21-18(19)14-5-4-6-14/h7-8,14H,4-6,10-11H2,1-3H3,(H2,23,24,25). The van der Waals surface area contributed by atoms with Gasteiger partial charge in [-0.2, -0.15) is 10.4 Å². The van der Waals surface area contributed by atoms with E-state index in [0.29, 0.717) is 28.5 Å². The summed E-state index contributed by atoms with van der Waals surface area (Å²) in [6.07, 6.45) is 4.42. The quantitative estimate of drug-likeness (QED) is 0.581. The Morgan fingerprint density at radius 3 is 2.43 bits per heavy atom. The molecule has 1 unspecified atom stereocenters. The second-order valence-electron chi connectivity index (χ2n) is 7.40. The van der Waals surface area contributed by atoms with Crippen molar-refractivity contribution < 1.29 is 27.8 Å². The van der Waals surface area contributed by atoms with E-state index >= 15 is 0 Å². The molecule has 1 aromatic heterocycles. The molecule has 2 aromatic rings. The lowest BCUT2D eigenvalue weighted by atomic mass is 9.82. The minimum absolute atomic E-state index is 0.0500. The zero-order valence-electron chi connectivity index (χ0n) is 17.0. The Bertz CT molecular complexity index is 1040. The predicted molar refractivity (Wildman–Crippen MR) is 110 cm³/mol. The van der Waals surface area contributed by atoms with Gasteiger partial charge in [-0.05, 0) is 49.9 Å². The normalized spacial score (nSPS) is 15.5. The highest BCUT2D eigenvalue weighted by Gasteiger charge is 2.31. The molecule has 1 aromatic carbocycles. The van der Waals surface area contributed by atoms with Crippen LogP contribution in [0, 0.1) is 25.2 Å². The maximum atomic E-state index is 11.8. The lowest BCUT2D eigenvalue weighted by molar-refractivity contribution is 0.183. The Hall–Kier alpha value is -2.02. The molecule has 1 aliphatic rings.